The van der Waals surface area contributed by atoms with E-state index in [4.69, 9.17) is 9.47 Å². The maximum atomic E-state index is 6.10. The highest BCUT2D eigenvalue weighted by molar-refractivity contribution is 5.67. The molecule has 0 unspecified atom stereocenters. The fourth-order valence-corrected chi connectivity index (χ4v) is 5.10. The molecule has 4 nitrogen and oxygen atoms in total. The largest absolute Gasteiger partial charge is 0.457 e. The van der Waals surface area contributed by atoms with Gasteiger partial charge in [-0.25, -0.2) is 0 Å². The molecule has 0 aliphatic heterocycles. The maximum Gasteiger partial charge on any atom is 0.127 e. The van der Waals surface area contributed by atoms with Gasteiger partial charge >= 0.3 is 0 Å². The van der Waals surface area contributed by atoms with Crippen molar-refractivity contribution in [3.63, 3.8) is 0 Å². The molecule has 0 atom stereocenters. The van der Waals surface area contributed by atoms with Gasteiger partial charge in [-0.15, -0.1) is 0 Å². The molecule has 48 heavy (non-hydrogen) atoms. The van der Waals surface area contributed by atoms with Crippen molar-refractivity contribution in [3.05, 3.63) is 169 Å². The minimum atomic E-state index is 0.763. The topological polar surface area (TPSA) is 24.9 Å². The van der Waals surface area contributed by atoms with Crippen LogP contribution in [-0.2, 0) is 0 Å². The fraction of sp³-hybridized carbons (Fsp3) is 0.182. The van der Waals surface area contributed by atoms with E-state index in [9.17, 15) is 0 Å². The van der Waals surface area contributed by atoms with Crippen LogP contribution < -0.4 is 19.3 Å². The number of rotatable bonds is 11. The van der Waals surface area contributed by atoms with Crippen molar-refractivity contribution in [2.45, 2.75) is 41.5 Å². The van der Waals surface area contributed by atoms with Crippen LogP contribution in [0.1, 0.15) is 38.8 Å². The minimum Gasteiger partial charge on any atom is -0.457 e. The number of hydrogen-bond acceptors (Lipinski definition) is 4. The zero-order valence-electron chi connectivity index (χ0n) is 29.1. The Morgan fingerprint density at radius 1 is 0.333 bits per heavy atom. The van der Waals surface area contributed by atoms with E-state index in [-0.39, 0.29) is 0 Å². The molecule has 0 bridgehead atoms. The van der Waals surface area contributed by atoms with E-state index in [2.05, 4.69) is 133 Å². The zero-order chi connectivity index (χ0) is 34.1. The molecule has 0 radical (unpaired) electrons. The van der Waals surface area contributed by atoms with Crippen molar-refractivity contribution in [1.29, 1.82) is 0 Å². The third-order valence-electron chi connectivity index (χ3n) is 7.49. The van der Waals surface area contributed by atoms with Gasteiger partial charge in [0, 0.05) is 35.8 Å². The Morgan fingerprint density at radius 3 is 0.875 bits per heavy atom. The molecule has 6 aromatic rings. The Balaban J connectivity index is 0.00000125. The van der Waals surface area contributed by atoms with E-state index >= 15 is 0 Å². The Kier molecular flexibility index (Phi) is 13.7. The first-order valence-corrected chi connectivity index (χ1v) is 17.0. The zero-order valence-corrected chi connectivity index (χ0v) is 29.1. The molecule has 0 aromatic heterocycles. The summed E-state index contributed by atoms with van der Waals surface area (Å²) in [7, 11) is 0. The highest BCUT2D eigenvalue weighted by Gasteiger charge is 2.15. The third kappa shape index (κ3) is 10.0. The molecule has 0 spiro atoms. The quantitative estimate of drug-likeness (QED) is 0.141. The minimum absolute atomic E-state index is 0.763. The lowest BCUT2D eigenvalue weighted by Crippen LogP contribution is -2.30. The number of benzene rings is 6. The number of anilines is 4. The lowest BCUT2D eigenvalue weighted by Gasteiger charge is -2.31. The molecule has 0 aliphatic carbocycles. The average molecular weight is 637 g/mol. The predicted octanol–water partition coefficient (Wildman–Crippen LogP) is 12.9. The van der Waals surface area contributed by atoms with Crippen LogP contribution in [0.2, 0.25) is 0 Å². The van der Waals surface area contributed by atoms with Crippen molar-refractivity contribution in [2.75, 3.05) is 22.9 Å². The fourth-order valence-electron chi connectivity index (χ4n) is 5.10. The van der Waals surface area contributed by atoms with Crippen LogP contribution in [0, 0.1) is 13.8 Å². The number of hydrogen-bond donors (Lipinski definition) is 0. The standard InChI is InChI=1S/C40H36N2O2.2C2H6/c1-31-13-21-37(22-14-31)43-39-25-17-35(18-26-39)41(33-9-5-3-6-10-33)29-30-42(34-11-7-4-8-12-34)36-19-27-40(28-20-36)44-38-23-15-32(2)16-24-38;2*1-2/h3-28H,29-30H2,1-2H3;2*1-2H3. The van der Waals surface area contributed by atoms with Gasteiger partial charge < -0.3 is 19.3 Å². The van der Waals surface area contributed by atoms with Crippen LogP contribution in [0.15, 0.2) is 158 Å². The molecule has 4 heteroatoms. The number of para-hydroxylation sites is 2. The second kappa shape index (κ2) is 18.6. The van der Waals surface area contributed by atoms with Gasteiger partial charge in [-0.05, 0) is 111 Å². The van der Waals surface area contributed by atoms with Crippen molar-refractivity contribution in [3.8, 4) is 23.0 Å². The van der Waals surface area contributed by atoms with Gasteiger partial charge in [0.15, 0.2) is 0 Å². The molecule has 0 saturated heterocycles. The second-order valence-electron chi connectivity index (χ2n) is 10.8. The van der Waals surface area contributed by atoms with Crippen molar-refractivity contribution in [1.82, 2.24) is 0 Å². The molecule has 6 aromatic carbocycles. The van der Waals surface area contributed by atoms with Crippen LogP contribution in [0.4, 0.5) is 22.7 Å². The molecule has 0 fully saturated rings. The summed E-state index contributed by atoms with van der Waals surface area (Å²) in [5.74, 6) is 3.28. The average Bonchev–Trinajstić information content (AvgIpc) is 3.15. The molecule has 0 amide bonds. The van der Waals surface area contributed by atoms with Crippen LogP contribution in [0.5, 0.6) is 23.0 Å². The van der Waals surface area contributed by atoms with Gasteiger partial charge in [-0.2, -0.15) is 0 Å². The number of nitrogens with zero attached hydrogens (tertiary/aromatic N) is 2. The predicted molar refractivity (Wildman–Crippen MR) is 205 cm³/mol. The van der Waals surface area contributed by atoms with E-state index in [0.717, 1.165) is 58.8 Å². The first-order valence-electron chi connectivity index (χ1n) is 17.0. The van der Waals surface area contributed by atoms with Crippen molar-refractivity contribution in [2.24, 2.45) is 0 Å². The van der Waals surface area contributed by atoms with Gasteiger partial charge in [0.05, 0.1) is 0 Å². The first-order chi connectivity index (χ1) is 23.6. The molecular weight excluding hydrogens is 588 g/mol. The molecule has 246 valence electrons. The molecular formula is C44H48N2O2. The summed E-state index contributed by atoms with van der Waals surface area (Å²) >= 11 is 0. The SMILES string of the molecule is CC.CC.Cc1ccc(Oc2ccc(N(CCN(c3ccccc3)c3ccc(Oc4ccc(C)cc4)cc3)c3ccccc3)cc2)cc1. The lowest BCUT2D eigenvalue weighted by molar-refractivity contribution is 0.482. The number of aryl methyl sites for hydroxylation is 2. The third-order valence-corrected chi connectivity index (χ3v) is 7.49. The Labute approximate surface area is 287 Å². The Hall–Kier alpha value is -5.48. The monoisotopic (exact) mass is 636 g/mol. The summed E-state index contributed by atoms with van der Waals surface area (Å²) in [5.41, 5.74) is 6.89. The van der Waals surface area contributed by atoms with Crippen LogP contribution >= 0.6 is 0 Å². The van der Waals surface area contributed by atoms with Crippen LogP contribution in [0.3, 0.4) is 0 Å². The van der Waals surface area contributed by atoms with Gasteiger partial charge in [0.2, 0.25) is 0 Å². The smallest absolute Gasteiger partial charge is 0.127 e. The highest BCUT2D eigenvalue weighted by Crippen LogP contribution is 2.32. The molecule has 6 rings (SSSR count). The second-order valence-corrected chi connectivity index (χ2v) is 10.8. The summed E-state index contributed by atoms with van der Waals surface area (Å²) < 4.78 is 12.2. The Bertz CT molecular complexity index is 1600. The summed E-state index contributed by atoms with van der Waals surface area (Å²) in [6.07, 6.45) is 0. The number of ether oxygens (including phenoxy) is 2. The highest BCUT2D eigenvalue weighted by atomic mass is 16.5. The van der Waals surface area contributed by atoms with Gasteiger partial charge in [-0.3, -0.25) is 0 Å². The first kappa shape index (κ1) is 35.4. The summed E-state index contributed by atoms with van der Waals surface area (Å²) in [6.45, 7) is 13.7. The van der Waals surface area contributed by atoms with Gasteiger partial charge in [0.25, 0.3) is 0 Å². The maximum absolute atomic E-state index is 6.10. The van der Waals surface area contributed by atoms with Crippen molar-refractivity contribution < 1.29 is 9.47 Å². The van der Waals surface area contributed by atoms with E-state index in [1.54, 1.807) is 0 Å². The molecule has 0 heterocycles. The van der Waals surface area contributed by atoms with Gasteiger partial charge in [0.1, 0.15) is 23.0 Å². The van der Waals surface area contributed by atoms with Crippen molar-refractivity contribution >= 4 is 22.7 Å². The Morgan fingerprint density at radius 2 is 0.583 bits per heavy atom. The van der Waals surface area contributed by atoms with E-state index < -0.39 is 0 Å². The molecule has 0 saturated carbocycles. The van der Waals surface area contributed by atoms with Crippen LogP contribution in [-0.4, -0.2) is 13.1 Å². The summed E-state index contributed by atoms with van der Waals surface area (Å²) in [4.78, 5) is 4.70. The lowest BCUT2D eigenvalue weighted by atomic mass is 10.2. The van der Waals surface area contributed by atoms with E-state index in [0.29, 0.717) is 0 Å². The summed E-state index contributed by atoms with van der Waals surface area (Å²) in [6, 6.07) is 53.9. The molecule has 0 N–H and O–H groups in total. The molecule has 0 aliphatic rings. The van der Waals surface area contributed by atoms with E-state index in [1.165, 1.54) is 11.1 Å². The summed E-state index contributed by atoms with van der Waals surface area (Å²) in [5, 5.41) is 0. The van der Waals surface area contributed by atoms with E-state index in [1.807, 2.05) is 76.2 Å². The normalized spacial score (nSPS) is 10.0. The van der Waals surface area contributed by atoms with Crippen LogP contribution in [0.25, 0.3) is 0 Å². The van der Waals surface area contributed by atoms with Gasteiger partial charge in [-0.1, -0.05) is 99.5 Å².